The molecule has 0 amide bonds. The maximum atomic E-state index is 12.3. The summed E-state index contributed by atoms with van der Waals surface area (Å²) in [5, 5.41) is 6.09. The fraction of sp³-hybridized carbons (Fsp3) is 0.143. The van der Waals surface area contributed by atoms with E-state index < -0.39 is 6.61 Å². The van der Waals surface area contributed by atoms with Crippen LogP contribution in [-0.2, 0) is 0 Å². The van der Waals surface area contributed by atoms with E-state index in [1.807, 2.05) is 0 Å². The number of halogens is 2. The van der Waals surface area contributed by atoms with Gasteiger partial charge in [0.1, 0.15) is 17.6 Å². The summed E-state index contributed by atoms with van der Waals surface area (Å²) in [6.07, 6.45) is 3.21. The molecular weight excluding hydrogens is 280 g/mol. The van der Waals surface area contributed by atoms with Crippen LogP contribution in [-0.4, -0.2) is 21.2 Å². The fourth-order valence-electron chi connectivity index (χ4n) is 2.33. The lowest BCUT2D eigenvalue weighted by atomic mass is 10.0. The number of hydrogen-bond acceptors (Lipinski definition) is 3. The van der Waals surface area contributed by atoms with E-state index in [9.17, 15) is 13.6 Å². The SMILES string of the molecule is Cc1c(-c2cccc(OC(F)F)c2)cn2cn[nH]c(=O)c12. The van der Waals surface area contributed by atoms with E-state index >= 15 is 0 Å². The Kier molecular flexibility index (Phi) is 3.17. The molecule has 0 aliphatic carbocycles. The van der Waals surface area contributed by atoms with E-state index in [1.165, 1.54) is 18.5 Å². The zero-order valence-electron chi connectivity index (χ0n) is 11.0. The lowest BCUT2D eigenvalue weighted by Gasteiger charge is -2.06. The Morgan fingerprint density at radius 1 is 1.38 bits per heavy atom. The van der Waals surface area contributed by atoms with Gasteiger partial charge in [-0.15, -0.1) is 0 Å². The first-order valence-electron chi connectivity index (χ1n) is 6.16. The third kappa shape index (κ3) is 2.37. The number of aryl methyl sites for hydroxylation is 1. The average Bonchev–Trinajstić information content (AvgIpc) is 2.77. The Balaban J connectivity index is 2.15. The minimum atomic E-state index is -2.87. The van der Waals surface area contributed by atoms with Crippen molar-refractivity contribution in [2.24, 2.45) is 0 Å². The van der Waals surface area contributed by atoms with Gasteiger partial charge in [-0.1, -0.05) is 12.1 Å². The Labute approximate surface area is 117 Å². The van der Waals surface area contributed by atoms with Gasteiger partial charge in [0.15, 0.2) is 0 Å². The lowest BCUT2D eigenvalue weighted by Crippen LogP contribution is -2.10. The van der Waals surface area contributed by atoms with E-state index in [0.29, 0.717) is 11.1 Å². The number of benzene rings is 1. The Hall–Kier alpha value is -2.70. The first kappa shape index (κ1) is 13.3. The smallest absolute Gasteiger partial charge is 0.387 e. The molecule has 2 heterocycles. The summed E-state index contributed by atoms with van der Waals surface area (Å²) in [6, 6.07) is 6.35. The molecule has 3 rings (SSSR count). The molecule has 0 unspecified atom stereocenters. The van der Waals surface area contributed by atoms with Crippen LogP contribution in [0.1, 0.15) is 5.56 Å². The molecule has 0 saturated carbocycles. The summed E-state index contributed by atoms with van der Waals surface area (Å²) >= 11 is 0. The van der Waals surface area contributed by atoms with Crippen LogP contribution in [0.15, 0.2) is 41.6 Å². The Morgan fingerprint density at radius 2 is 2.19 bits per heavy atom. The van der Waals surface area contributed by atoms with Crippen LogP contribution in [0.3, 0.4) is 0 Å². The third-order valence-corrected chi connectivity index (χ3v) is 3.22. The van der Waals surface area contributed by atoms with Crippen molar-refractivity contribution in [2.45, 2.75) is 13.5 Å². The molecule has 7 heteroatoms. The first-order chi connectivity index (χ1) is 10.1. The highest BCUT2D eigenvalue weighted by Crippen LogP contribution is 2.29. The summed E-state index contributed by atoms with van der Waals surface area (Å²) in [4.78, 5) is 11.8. The van der Waals surface area contributed by atoms with E-state index in [4.69, 9.17) is 0 Å². The zero-order chi connectivity index (χ0) is 15.0. The maximum Gasteiger partial charge on any atom is 0.387 e. The second-order valence-corrected chi connectivity index (χ2v) is 4.52. The van der Waals surface area contributed by atoms with Crippen LogP contribution >= 0.6 is 0 Å². The van der Waals surface area contributed by atoms with Gasteiger partial charge in [0.05, 0.1) is 0 Å². The average molecular weight is 291 g/mol. The summed E-state index contributed by atoms with van der Waals surface area (Å²) in [7, 11) is 0. The van der Waals surface area contributed by atoms with Crippen molar-refractivity contribution in [3.63, 3.8) is 0 Å². The number of nitrogens with zero attached hydrogens (tertiary/aromatic N) is 2. The number of H-pyrrole nitrogens is 1. The number of fused-ring (bicyclic) bond motifs is 1. The minimum absolute atomic E-state index is 0.0733. The molecule has 1 aromatic carbocycles. The fourth-order valence-corrected chi connectivity index (χ4v) is 2.33. The Morgan fingerprint density at radius 3 is 2.90 bits per heavy atom. The molecule has 108 valence electrons. The molecule has 0 bridgehead atoms. The first-order valence-corrected chi connectivity index (χ1v) is 6.16. The molecule has 0 aliphatic heterocycles. The van der Waals surface area contributed by atoms with Gasteiger partial charge in [-0.25, -0.2) is 5.10 Å². The summed E-state index contributed by atoms with van der Waals surface area (Å²) in [5.41, 5.74) is 2.36. The third-order valence-electron chi connectivity index (χ3n) is 3.22. The predicted molar refractivity (Wildman–Crippen MR) is 72.6 cm³/mol. The van der Waals surface area contributed by atoms with Gasteiger partial charge in [0.25, 0.3) is 5.56 Å². The molecule has 3 aromatic rings. The zero-order valence-corrected chi connectivity index (χ0v) is 11.0. The van der Waals surface area contributed by atoms with E-state index in [1.54, 1.807) is 29.7 Å². The highest BCUT2D eigenvalue weighted by atomic mass is 19.3. The van der Waals surface area contributed by atoms with Crippen LogP contribution in [0.2, 0.25) is 0 Å². The van der Waals surface area contributed by atoms with Gasteiger partial charge >= 0.3 is 6.61 Å². The van der Waals surface area contributed by atoms with Crippen molar-refractivity contribution in [1.29, 1.82) is 0 Å². The van der Waals surface area contributed by atoms with E-state index in [-0.39, 0.29) is 11.3 Å². The van der Waals surface area contributed by atoms with Crippen molar-refractivity contribution < 1.29 is 13.5 Å². The molecule has 0 saturated heterocycles. The van der Waals surface area contributed by atoms with Crippen LogP contribution in [0.4, 0.5) is 8.78 Å². The molecular formula is C14H11F2N3O2. The molecule has 2 aromatic heterocycles. The van der Waals surface area contributed by atoms with Crippen molar-refractivity contribution in [1.82, 2.24) is 14.6 Å². The maximum absolute atomic E-state index is 12.3. The van der Waals surface area contributed by atoms with E-state index in [2.05, 4.69) is 14.9 Å². The second kappa shape index (κ2) is 5.01. The number of aromatic nitrogens is 3. The van der Waals surface area contributed by atoms with Crippen LogP contribution in [0, 0.1) is 6.92 Å². The van der Waals surface area contributed by atoms with Gasteiger partial charge in [0, 0.05) is 11.8 Å². The summed E-state index contributed by atoms with van der Waals surface area (Å²) in [5.74, 6) is 0.0733. The quantitative estimate of drug-likeness (QED) is 0.807. The van der Waals surface area contributed by atoms with Gasteiger partial charge in [-0.05, 0) is 30.2 Å². The van der Waals surface area contributed by atoms with Gasteiger partial charge in [-0.2, -0.15) is 13.9 Å². The van der Waals surface area contributed by atoms with Crippen molar-refractivity contribution in [3.8, 4) is 16.9 Å². The van der Waals surface area contributed by atoms with Crippen molar-refractivity contribution in [2.75, 3.05) is 0 Å². The van der Waals surface area contributed by atoms with Crippen molar-refractivity contribution in [3.05, 3.63) is 52.7 Å². The summed E-state index contributed by atoms with van der Waals surface area (Å²) < 4.78 is 30.5. The predicted octanol–water partition coefficient (Wildman–Crippen LogP) is 2.60. The largest absolute Gasteiger partial charge is 0.435 e. The number of rotatable bonds is 3. The van der Waals surface area contributed by atoms with Gasteiger partial charge < -0.3 is 9.14 Å². The number of aromatic amines is 1. The molecule has 21 heavy (non-hydrogen) atoms. The van der Waals surface area contributed by atoms with Gasteiger partial charge in [-0.3, -0.25) is 4.79 Å². The normalized spacial score (nSPS) is 11.2. The van der Waals surface area contributed by atoms with Crippen LogP contribution in [0.5, 0.6) is 5.75 Å². The molecule has 0 aliphatic rings. The van der Waals surface area contributed by atoms with Crippen molar-refractivity contribution >= 4 is 5.52 Å². The number of alkyl halides is 2. The standard InChI is InChI=1S/C14H11F2N3O2/c1-8-11(6-19-7-17-18-13(20)12(8)19)9-3-2-4-10(5-9)21-14(15)16/h2-7,14H,1H3,(H,18,20). The molecule has 0 fully saturated rings. The molecule has 1 N–H and O–H groups in total. The number of hydrogen-bond donors (Lipinski definition) is 1. The molecule has 5 nitrogen and oxygen atoms in total. The summed E-state index contributed by atoms with van der Waals surface area (Å²) in [6.45, 7) is -1.08. The highest BCUT2D eigenvalue weighted by molar-refractivity contribution is 5.76. The lowest BCUT2D eigenvalue weighted by molar-refractivity contribution is -0.0498. The van der Waals surface area contributed by atoms with Crippen LogP contribution in [0.25, 0.3) is 16.6 Å². The number of nitrogens with one attached hydrogen (secondary N) is 1. The molecule has 0 spiro atoms. The number of ether oxygens (including phenoxy) is 1. The molecule has 0 atom stereocenters. The highest BCUT2D eigenvalue weighted by Gasteiger charge is 2.13. The van der Waals surface area contributed by atoms with E-state index in [0.717, 1.165) is 11.1 Å². The molecule has 0 radical (unpaired) electrons. The van der Waals surface area contributed by atoms with Crippen LogP contribution < -0.4 is 10.3 Å². The monoisotopic (exact) mass is 291 g/mol. The topological polar surface area (TPSA) is 59.4 Å². The second-order valence-electron chi connectivity index (χ2n) is 4.52. The van der Waals surface area contributed by atoms with Gasteiger partial charge in [0.2, 0.25) is 0 Å². The minimum Gasteiger partial charge on any atom is -0.435 e. The Bertz CT molecular complexity index is 855.